The first-order valence-electron chi connectivity index (χ1n) is 6.72. The second-order valence-electron chi connectivity index (χ2n) is 5.47. The molecule has 1 rings (SSSR count). The normalized spacial score (nSPS) is 27.6. The summed E-state index contributed by atoms with van der Waals surface area (Å²) in [5.74, 6) is 0.167. The van der Waals surface area contributed by atoms with Crippen LogP contribution >= 0.6 is 0 Å². The van der Waals surface area contributed by atoms with Crippen LogP contribution in [0.1, 0.15) is 39.0 Å². The molecule has 17 heavy (non-hydrogen) atoms. The van der Waals surface area contributed by atoms with Crippen molar-refractivity contribution in [3.8, 4) is 0 Å². The van der Waals surface area contributed by atoms with Crippen LogP contribution in [0.4, 0.5) is 0 Å². The van der Waals surface area contributed by atoms with Crippen LogP contribution in [0, 0.1) is 5.92 Å². The molecule has 0 aliphatic heterocycles. The monoisotopic (exact) mass is 241 g/mol. The highest BCUT2D eigenvalue weighted by molar-refractivity contribution is 5.79. The maximum atomic E-state index is 12.1. The Morgan fingerprint density at radius 1 is 1.35 bits per heavy atom. The molecule has 0 radical (unpaired) electrons. The van der Waals surface area contributed by atoms with E-state index >= 15 is 0 Å². The van der Waals surface area contributed by atoms with Crippen LogP contribution in [0.3, 0.4) is 0 Å². The highest BCUT2D eigenvalue weighted by atomic mass is 16.1. The molecule has 3 atom stereocenters. The Morgan fingerprint density at radius 2 is 2.00 bits per heavy atom. The van der Waals surface area contributed by atoms with Gasteiger partial charge in [0.1, 0.15) is 0 Å². The van der Waals surface area contributed by atoms with E-state index in [1.54, 1.807) is 0 Å². The van der Waals surface area contributed by atoms with Gasteiger partial charge in [-0.2, -0.15) is 0 Å². The van der Waals surface area contributed by atoms with Crippen molar-refractivity contribution in [2.45, 2.75) is 51.1 Å². The molecule has 0 heterocycles. The largest absolute Gasteiger partial charge is 0.354 e. The van der Waals surface area contributed by atoms with E-state index in [2.05, 4.69) is 17.1 Å². The first-order valence-corrected chi connectivity index (χ1v) is 6.72. The average Bonchev–Trinajstić information content (AvgIpc) is 2.50. The number of carbonyl (C=O) groups excluding carboxylic acids is 1. The zero-order valence-electron chi connectivity index (χ0n) is 11.4. The van der Waals surface area contributed by atoms with E-state index in [1.165, 1.54) is 12.8 Å². The third kappa shape index (κ3) is 4.64. The molecule has 1 aliphatic rings. The van der Waals surface area contributed by atoms with Crippen molar-refractivity contribution in [1.82, 2.24) is 10.2 Å². The van der Waals surface area contributed by atoms with Crippen molar-refractivity contribution in [2.75, 3.05) is 20.6 Å². The summed E-state index contributed by atoms with van der Waals surface area (Å²) in [6.45, 7) is 2.81. The minimum Gasteiger partial charge on any atom is -0.354 e. The Kier molecular flexibility index (Phi) is 5.92. The average molecular weight is 241 g/mol. The number of hydrogen-bond donors (Lipinski definition) is 2. The van der Waals surface area contributed by atoms with Crippen LogP contribution in [0.2, 0.25) is 0 Å². The van der Waals surface area contributed by atoms with Crippen LogP contribution in [-0.2, 0) is 4.79 Å². The lowest BCUT2D eigenvalue weighted by Crippen LogP contribution is -2.45. The number of nitrogens with two attached hydrogens (primary N) is 1. The van der Waals surface area contributed by atoms with Crippen molar-refractivity contribution in [2.24, 2.45) is 11.7 Å². The lowest BCUT2D eigenvalue weighted by Gasteiger charge is -2.24. The summed E-state index contributed by atoms with van der Waals surface area (Å²) in [6, 6.07) is 0.410. The summed E-state index contributed by atoms with van der Waals surface area (Å²) >= 11 is 0. The molecule has 1 amide bonds. The number of likely N-dealkylation sites (N-methyl/N-ethyl adjacent to an activating group) is 1. The number of amides is 1. The van der Waals surface area contributed by atoms with Crippen molar-refractivity contribution in [3.05, 3.63) is 0 Å². The van der Waals surface area contributed by atoms with Gasteiger partial charge in [-0.15, -0.1) is 0 Å². The van der Waals surface area contributed by atoms with E-state index in [9.17, 15) is 4.79 Å². The molecule has 0 aromatic carbocycles. The van der Waals surface area contributed by atoms with E-state index in [0.717, 1.165) is 19.3 Å². The van der Waals surface area contributed by atoms with Crippen LogP contribution < -0.4 is 11.1 Å². The molecule has 0 aromatic rings. The van der Waals surface area contributed by atoms with Gasteiger partial charge in [-0.3, -0.25) is 4.79 Å². The summed E-state index contributed by atoms with van der Waals surface area (Å²) in [5.41, 5.74) is 6.07. The molecule has 0 saturated heterocycles. The summed E-state index contributed by atoms with van der Waals surface area (Å²) in [4.78, 5) is 14.2. The molecular formula is C13H27N3O. The number of hydrogen-bond acceptors (Lipinski definition) is 3. The van der Waals surface area contributed by atoms with Crippen molar-refractivity contribution in [3.63, 3.8) is 0 Å². The van der Waals surface area contributed by atoms with E-state index in [4.69, 9.17) is 5.73 Å². The number of rotatable bonds is 4. The van der Waals surface area contributed by atoms with Gasteiger partial charge in [0.2, 0.25) is 5.91 Å². The summed E-state index contributed by atoms with van der Waals surface area (Å²) in [7, 11) is 4.04. The molecule has 3 N–H and O–H groups in total. The van der Waals surface area contributed by atoms with Gasteiger partial charge >= 0.3 is 0 Å². The Morgan fingerprint density at radius 3 is 2.65 bits per heavy atom. The maximum Gasteiger partial charge on any atom is 0.224 e. The van der Waals surface area contributed by atoms with Gasteiger partial charge in [-0.1, -0.05) is 19.3 Å². The van der Waals surface area contributed by atoms with Gasteiger partial charge < -0.3 is 16.0 Å². The molecule has 1 fully saturated rings. The van der Waals surface area contributed by atoms with Gasteiger partial charge in [0.05, 0.1) is 5.92 Å². The number of nitrogens with zero attached hydrogens (tertiary/aromatic N) is 1. The van der Waals surface area contributed by atoms with Crippen LogP contribution in [0.25, 0.3) is 0 Å². The molecule has 4 nitrogen and oxygen atoms in total. The van der Waals surface area contributed by atoms with Gasteiger partial charge in [0, 0.05) is 18.6 Å². The van der Waals surface area contributed by atoms with Gasteiger partial charge in [-0.25, -0.2) is 0 Å². The SMILES string of the molecule is CC(CNC(=O)C1CCCCCC1N)N(C)C. The predicted molar refractivity (Wildman–Crippen MR) is 70.7 cm³/mol. The Labute approximate surface area is 105 Å². The van der Waals surface area contributed by atoms with E-state index in [0.29, 0.717) is 12.6 Å². The minimum absolute atomic E-state index is 0.0202. The smallest absolute Gasteiger partial charge is 0.224 e. The molecule has 4 heteroatoms. The Hall–Kier alpha value is -0.610. The van der Waals surface area contributed by atoms with Crippen molar-refractivity contribution >= 4 is 5.91 Å². The highest BCUT2D eigenvalue weighted by Gasteiger charge is 2.26. The van der Waals surface area contributed by atoms with Crippen LogP contribution in [0.15, 0.2) is 0 Å². The topological polar surface area (TPSA) is 58.4 Å². The quantitative estimate of drug-likeness (QED) is 0.721. The second-order valence-corrected chi connectivity index (χ2v) is 5.47. The van der Waals surface area contributed by atoms with E-state index in [-0.39, 0.29) is 17.9 Å². The van der Waals surface area contributed by atoms with Crippen molar-refractivity contribution < 1.29 is 4.79 Å². The second kappa shape index (κ2) is 6.97. The molecule has 0 bridgehead atoms. The van der Waals surface area contributed by atoms with E-state index < -0.39 is 0 Å². The highest BCUT2D eigenvalue weighted by Crippen LogP contribution is 2.22. The fourth-order valence-corrected chi connectivity index (χ4v) is 2.22. The first-order chi connectivity index (χ1) is 8.02. The molecule has 1 aliphatic carbocycles. The molecule has 0 aromatic heterocycles. The summed E-state index contributed by atoms with van der Waals surface area (Å²) in [6.07, 6.45) is 5.45. The third-order valence-electron chi connectivity index (χ3n) is 3.86. The zero-order valence-corrected chi connectivity index (χ0v) is 11.4. The van der Waals surface area contributed by atoms with Crippen LogP contribution in [0.5, 0.6) is 0 Å². The van der Waals surface area contributed by atoms with Gasteiger partial charge in [-0.05, 0) is 33.9 Å². The lowest BCUT2D eigenvalue weighted by atomic mass is 9.94. The molecule has 3 unspecified atom stereocenters. The maximum absolute atomic E-state index is 12.1. The molecule has 1 saturated carbocycles. The fraction of sp³-hybridized carbons (Fsp3) is 0.923. The summed E-state index contributed by atoms with van der Waals surface area (Å²) in [5, 5.41) is 3.03. The Balaban J connectivity index is 2.40. The van der Waals surface area contributed by atoms with E-state index in [1.807, 2.05) is 14.1 Å². The number of carbonyl (C=O) groups is 1. The third-order valence-corrected chi connectivity index (χ3v) is 3.86. The molecular weight excluding hydrogens is 214 g/mol. The van der Waals surface area contributed by atoms with Gasteiger partial charge in [0.15, 0.2) is 0 Å². The standard InChI is InChI=1S/C13H27N3O/c1-10(16(2)3)9-15-13(17)11-7-5-4-6-8-12(11)14/h10-12H,4-9,14H2,1-3H3,(H,15,17). The van der Waals surface area contributed by atoms with Gasteiger partial charge in [0.25, 0.3) is 0 Å². The minimum atomic E-state index is 0.0202. The predicted octanol–water partition coefficient (Wildman–Crippen LogP) is 0.960. The lowest BCUT2D eigenvalue weighted by molar-refractivity contribution is -0.126. The van der Waals surface area contributed by atoms with Crippen LogP contribution in [-0.4, -0.2) is 43.5 Å². The molecule has 100 valence electrons. The Bertz CT molecular complexity index is 243. The molecule has 0 spiro atoms. The summed E-state index contributed by atoms with van der Waals surface area (Å²) < 4.78 is 0. The zero-order chi connectivity index (χ0) is 12.8. The first kappa shape index (κ1) is 14.5. The van der Waals surface area contributed by atoms with Crippen molar-refractivity contribution in [1.29, 1.82) is 0 Å². The fourth-order valence-electron chi connectivity index (χ4n) is 2.22. The number of nitrogens with one attached hydrogen (secondary N) is 1.